The maximum Gasteiger partial charge on any atom is 0.147 e. The van der Waals surface area contributed by atoms with Crippen molar-refractivity contribution in [3.05, 3.63) is 58.1 Å². The van der Waals surface area contributed by atoms with Crippen LogP contribution >= 0.6 is 15.9 Å². The van der Waals surface area contributed by atoms with Gasteiger partial charge in [0.15, 0.2) is 0 Å². The van der Waals surface area contributed by atoms with Gasteiger partial charge in [0.25, 0.3) is 0 Å². The van der Waals surface area contributed by atoms with Crippen molar-refractivity contribution in [1.82, 2.24) is 4.98 Å². The number of halogens is 2. The molecule has 0 aliphatic heterocycles. The van der Waals surface area contributed by atoms with E-state index in [0.29, 0.717) is 22.4 Å². The fourth-order valence-corrected chi connectivity index (χ4v) is 1.98. The van der Waals surface area contributed by atoms with Crippen LogP contribution in [0.25, 0.3) is 0 Å². The number of benzene rings is 1. The molecule has 90 valence electrons. The average molecular weight is 306 g/mol. The first-order chi connectivity index (χ1) is 8.70. The Labute approximate surface area is 112 Å². The van der Waals surface area contributed by atoms with Crippen LogP contribution in [0.3, 0.4) is 0 Å². The molecule has 0 saturated carbocycles. The second-order valence-corrected chi connectivity index (χ2v) is 4.47. The van der Waals surface area contributed by atoms with Gasteiger partial charge < -0.3 is 5.32 Å². The number of anilines is 1. The van der Waals surface area contributed by atoms with E-state index in [2.05, 4.69) is 26.2 Å². The van der Waals surface area contributed by atoms with Crippen molar-refractivity contribution in [2.24, 2.45) is 0 Å². The highest BCUT2D eigenvalue weighted by Crippen LogP contribution is 2.25. The van der Waals surface area contributed by atoms with Crippen LogP contribution in [-0.2, 0) is 6.54 Å². The van der Waals surface area contributed by atoms with Crippen molar-refractivity contribution in [2.75, 3.05) is 5.32 Å². The van der Waals surface area contributed by atoms with Crippen molar-refractivity contribution in [2.45, 2.75) is 6.54 Å². The number of aromatic nitrogens is 1. The van der Waals surface area contributed by atoms with Gasteiger partial charge in [-0.1, -0.05) is 6.07 Å². The molecule has 0 aliphatic carbocycles. The monoisotopic (exact) mass is 305 g/mol. The fourth-order valence-electron chi connectivity index (χ4n) is 1.50. The summed E-state index contributed by atoms with van der Waals surface area (Å²) < 4.78 is 14.2. The Hall–Kier alpha value is -1.93. The lowest BCUT2D eigenvalue weighted by Gasteiger charge is -2.09. The number of nitrogens with zero attached hydrogens (tertiary/aromatic N) is 2. The van der Waals surface area contributed by atoms with Gasteiger partial charge in [-0.15, -0.1) is 0 Å². The molecule has 18 heavy (non-hydrogen) atoms. The number of hydrogen-bond donors (Lipinski definition) is 1. The lowest BCUT2D eigenvalue weighted by molar-refractivity contribution is 0.629. The van der Waals surface area contributed by atoms with E-state index in [1.54, 1.807) is 30.5 Å². The summed E-state index contributed by atoms with van der Waals surface area (Å²) in [6.07, 6.45) is 1.56. The SMILES string of the molecule is N#Cc1cc(CNc2c(F)cccc2Br)ccn1. The van der Waals surface area contributed by atoms with Gasteiger partial charge in [-0.25, -0.2) is 9.37 Å². The van der Waals surface area contributed by atoms with Crippen molar-refractivity contribution in [1.29, 1.82) is 5.26 Å². The normalized spacial score (nSPS) is 9.83. The zero-order valence-electron chi connectivity index (χ0n) is 9.32. The van der Waals surface area contributed by atoms with Crippen molar-refractivity contribution in [3.8, 4) is 6.07 Å². The van der Waals surface area contributed by atoms with E-state index in [4.69, 9.17) is 5.26 Å². The maximum atomic E-state index is 13.5. The van der Waals surface area contributed by atoms with Gasteiger partial charge in [0, 0.05) is 17.2 Å². The molecule has 1 heterocycles. The van der Waals surface area contributed by atoms with Crippen molar-refractivity contribution in [3.63, 3.8) is 0 Å². The zero-order chi connectivity index (χ0) is 13.0. The largest absolute Gasteiger partial charge is 0.378 e. The summed E-state index contributed by atoms with van der Waals surface area (Å²) in [5.41, 5.74) is 1.63. The van der Waals surface area contributed by atoms with E-state index in [1.807, 2.05) is 6.07 Å². The fraction of sp³-hybridized carbons (Fsp3) is 0.0769. The Morgan fingerprint density at radius 1 is 1.39 bits per heavy atom. The molecule has 2 rings (SSSR count). The molecule has 1 aromatic carbocycles. The molecular weight excluding hydrogens is 297 g/mol. The second kappa shape index (κ2) is 5.61. The van der Waals surface area contributed by atoms with Gasteiger partial charge in [0.05, 0.1) is 5.69 Å². The molecule has 2 aromatic rings. The molecule has 0 spiro atoms. The average Bonchev–Trinajstić information content (AvgIpc) is 2.38. The maximum absolute atomic E-state index is 13.5. The first-order valence-electron chi connectivity index (χ1n) is 5.23. The van der Waals surface area contributed by atoms with E-state index < -0.39 is 0 Å². The Balaban J connectivity index is 2.14. The summed E-state index contributed by atoms with van der Waals surface area (Å²) in [6.45, 7) is 0.427. The molecule has 0 bridgehead atoms. The van der Waals surface area contributed by atoms with Gasteiger partial charge in [-0.2, -0.15) is 5.26 Å². The lowest BCUT2D eigenvalue weighted by Crippen LogP contribution is -2.02. The van der Waals surface area contributed by atoms with Gasteiger partial charge in [0.1, 0.15) is 17.6 Å². The Bertz CT molecular complexity index is 587. The summed E-state index contributed by atoms with van der Waals surface area (Å²) in [4.78, 5) is 3.88. The topological polar surface area (TPSA) is 48.7 Å². The third-order valence-electron chi connectivity index (χ3n) is 2.37. The van der Waals surface area contributed by atoms with Gasteiger partial charge in [0.2, 0.25) is 0 Å². The van der Waals surface area contributed by atoms with Crippen LogP contribution in [0.5, 0.6) is 0 Å². The first kappa shape index (κ1) is 12.5. The number of nitriles is 1. The predicted molar refractivity (Wildman–Crippen MR) is 70.4 cm³/mol. The van der Waals surface area contributed by atoms with Crippen molar-refractivity contribution >= 4 is 21.6 Å². The molecule has 0 unspecified atom stereocenters. The van der Waals surface area contributed by atoms with E-state index in [1.165, 1.54) is 6.07 Å². The van der Waals surface area contributed by atoms with Crippen LogP contribution in [-0.4, -0.2) is 4.98 Å². The molecular formula is C13H9BrFN3. The molecule has 0 saturated heterocycles. The highest BCUT2D eigenvalue weighted by Gasteiger charge is 2.05. The van der Waals surface area contributed by atoms with E-state index in [-0.39, 0.29) is 5.82 Å². The standard InChI is InChI=1S/C13H9BrFN3/c14-11-2-1-3-12(15)13(11)18-8-9-4-5-17-10(6-9)7-16/h1-6,18H,8H2. The number of para-hydroxylation sites is 1. The van der Waals surface area contributed by atoms with Crippen LogP contribution in [0.4, 0.5) is 10.1 Å². The van der Waals surface area contributed by atoms with Crippen LogP contribution in [0, 0.1) is 17.1 Å². The third-order valence-corrected chi connectivity index (χ3v) is 3.03. The summed E-state index contributed by atoms with van der Waals surface area (Å²) in [7, 11) is 0. The summed E-state index contributed by atoms with van der Waals surface area (Å²) >= 11 is 3.28. The molecule has 3 nitrogen and oxygen atoms in total. The number of pyridine rings is 1. The Morgan fingerprint density at radius 3 is 2.94 bits per heavy atom. The van der Waals surface area contributed by atoms with Gasteiger partial charge in [-0.05, 0) is 45.8 Å². The third kappa shape index (κ3) is 2.84. The molecule has 0 amide bonds. The van der Waals surface area contributed by atoms with E-state index in [0.717, 1.165) is 5.56 Å². The molecule has 5 heteroatoms. The van der Waals surface area contributed by atoms with E-state index in [9.17, 15) is 4.39 Å². The molecule has 0 aliphatic rings. The number of hydrogen-bond acceptors (Lipinski definition) is 3. The minimum Gasteiger partial charge on any atom is -0.378 e. The Kier molecular flexibility index (Phi) is 3.90. The number of nitrogens with one attached hydrogen (secondary N) is 1. The van der Waals surface area contributed by atoms with Crippen LogP contribution in [0.2, 0.25) is 0 Å². The highest BCUT2D eigenvalue weighted by molar-refractivity contribution is 9.10. The highest BCUT2D eigenvalue weighted by atomic mass is 79.9. The van der Waals surface area contributed by atoms with Gasteiger partial charge in [-0.3, -0.25) is 0 Å². The van der Waals surface area contributed by atoms with Crippen LogP contribution < -0.4 is 5.32 Å². The van der Waals surface area contributed by atoms with E-state index >= 15 is 0 Å². The van der Waals surface area contributed by atoms with Gasteiger partial charge >= 0.3 is 0 Å². The molecule has 0 radical (unpaired) electrons. The summed E-state index contributed by atoms with van der Waals surface area (Å²) in [5.74, 6) is -0.320. The van der Waals surface area contributed by atoms with Crippen LogP contribution in [0.15, 0.2) is 41.0 Å². The number of rotatable bonds is 3. The van der Waals surface area contributed by atoms with Crippen molar-refractivity contribution < 1.29 is 4.39 Å². The summed E-state index contributed by atoms with van der Waals surface area (Å²) in [6, 6.07) is 10.2. The predicted octanol–water partition coefficient (Wildman–Crippen LogP) is 3.47. The molecule has 1 aromatic heterocycles. The molecule has 1 N–H and O–H groups in total. The molecule has 0 fully saturated rings. The Morgan fingerprint density at radius 2 is 2.22 bits per heavy atom. The minimum absolute atomic E-state index is 0.320. The summed E-state index contributed by atoms with van der Waals surface area (Å²) in [5, 5.41) is 11.7. The first-order valence-corrected chi connectivity index (χ1v) is 6.03. The minimum atomic E-state index is -0.320. The lowest BCUT2D eigenvalue weighted by atomic mass is 10.2. The second-order valence-electron chi connectivity index (χ2n) is 3.61. The smallest absolute Gasteiger partial charge is 0.147 e. The zero-order valence-corrected chi connectivity index (χ0v) is 10.9. The quantitative estimate of drug-likeness (QED) is 0.944. The van der Waals surface area contributed by atoms with Crippen LogP contribution in [0.1, 0.15) is 11.3 Å². The molecule has 0 atom stereocenters.